The van der Waals surface area contributed by atoms with E-state index < -0.39 is 43.4 Å². The third-order valence-electron chi connectivity index (χ3n) is 5.36. The fourth-order valence-electron chi connectivity index (χ4n) is 3.92. The second kappa shape index (κ2) is 10.2. The lowest BCUT2D eigenvalue weighted by Gasteiger charge is -2.26. The molecule has 3 rings (SSSR count). The highest BCUT2D eigenvalue weighted by Gasteiger charge is 2.32. The molecule has 0 heterocycles. The average Bonchev–Trinajstić information content (AvgIpc) is 3.08. The van der Waals surface area contributed by atoms with E-state index in [9.17, 15) is 23.2 Å². The van der Waals surface area contributed by atoms with E-state index >= 15 is 0 Å². The first-order chi connectivity index (χ1) is 15.3. The molecule has 2 amide bonds. The van der Waals surface area contributed by atoms with E-state index in [0.717, 1.165) is 27.2 Å². The van der Waals surface area contributed by atoms with Crippen LogP contribution in [0.2, 0.25) is 0 Å². The Morgan fingerprint density at radius 2 is 1.62 bits per heavy atom. The summed E-state index contributed by atoms with van der Waals surface area (Å²) < 4.78 is 30.8. The van der Waals surface area contributed by atoms with Crippen LogP contribution < -0.4 is 5.32 Å². The van der Waals surface area contributed by atoms with E-state index in [1.165, 1.54) is 6.92 Å². The van der Waals surface area contributed by atoms with E-state index in [-0.39, 0.29) is 19.1 Å². The number of nitrogens with one attached hydrogen (secondary N) is 1. The third kappa shape index (κ3) is 5.22. The Balaban J connectivity index is 1.69. The highest BCUT2D eigenvalue weighted by atomic mass is 19.3. The van der Waals surface area contributed by atoms with Crippen molar-refractivity contribution in [1.82, 2.24) is 10.2 Å². The number of amides is 2. The van der Waals surface area contributed by atoms with Gasteiger partial charge in [-0.2, -0.15) is 0 Å². The van der Waals surface area contributed by atoms with Gasteiger partial charge in [0.15, 0.2) is 0 Å². The summed E-state index contributed by atoms with van der Waals surface area (Å²) in [5.41, 5.74) is 4.07. The second-order valence-corrected chi connectivity index (χ2v) is 7.39. The molecule has 7 nitrogen and oxygen atoms in total. The summed E-state index contributed by atoms with van der Waals surface area (Å²) in [4.78, 5) is 36.9. The molecule has 32 heavy (non-hydrogen) atoms. The van der Waals surface area contributed by atoms with Gasteiger partial charge in [0.1, 0.15) is 12.6 Å². The van der Waals surface area contributed by atoms with Crippen molar-refractivity contribution in [2.75, 3.05) is 19.7 Å². The van der Waals surface area contributed by atoms with Crippen LogP contribution in [0.4, 0.5) is 13.6 Å². The van der Waals surface area contributed by atoms with Crippen LogP contribution >= 0.6 is 0 Å². The summed E-state index contributed by atoms with van der Waals surface area (Å²) in [5, 5.41) is 11.3. The number of alkyl halides is 2. The predicted molar refractivity (Wildman–Crippen MR) is 113 cm³/mol. The molecule has 2 aromatic carbocycles. The number of halogens is 2. The normalized spacial score (nSPS) is 13.2. The van der Waals surface area contributed by atoms with Crippen LogP contribution in [-0.2, 0) is 14.3 Å². The zero-order chi connectivity index (χ0) is 23.3. The highest BCUT2D eigenvalue weighted by molar-refractivity contribution is 5.89. The molecule has 0 saturated carbocycles. The molecular weight excluding hydrogens is 422 g/mol. The predicted octanol–water partition coefficient (Wildman–Crippen LogP) is 3.48. The molecule has 170 valence electrons. The van der Waals surface area contributed by atoms with Crippen molar-refractivity contribution in [2.24, 2.45) is 0 Å². The number of hydrogen-bond donors (Lipinski definition) is 2. The van der Waals surface area contributed by atoms with Crippen LogP contribution in [0.5, 0.6) is 0 Å². The van der Waals surface area contributed by atoms with Crippen molar-refractivity contribution in [2.45, 2.75) is 31.7 Å². The molecule has 0 saturated heterocycles. The zero-order valence-electron chi connectivity index (χ0n) is 17.5. The molecule has 0 bridgehead atoms. The summed E-state index contributed by atoms with van der Waals surface area (Å²) in [6, 6.07) is 14.0. The fraction of sp³-hybridized carbons (Fsp3) is 0.348. The molecule has 1 atom stereocenters. The molecule has 0 radical (unpaired) electrons. The zero-order valence-corrected chi connectivity index (χ0v) is 17.5. The fourth-order valence-corrected chi connectivity index (χ4v) is 3.92. The van der Waals surface area contributed by atoms with Gasteiger partial charge in [-0.15, -0.1) is 0 Å². The summed E-state index contributed by atoms with van der Waals surface area (Å²) in [6.45, 7) is 0.567. The number of carboxylic acids is 1. The van der Waals surface area contributed by atoms with Crippen molar-refractivity contribution < 1.29 is 33.0 Å². The van der Waals surface area contributed by atoms with Gasteiger partial charge in [0.25, 0.3) is 6.43 Å². The van der Waals surface area contributed by atoms with Crippen molar-refractivity contribution in [1.29, 1.82) is 0 Å². The van der Waals surface area contributed by atoms with Crippen LogP contribution in [0.3, 0.4) is 0 Å². The summed E-state index contributed by atoms with van der Waals surface area (Å²) in [7, 11) is 0. The number of carboxylic acid groups (broad SMARTS) is 1. The van der Waals surface area contributed by atoms with Gasteiger partial charge in [0.2, 0.25) is 5.91 Å². The first kappa shape index (κ1) is 23.2. The van der Waals surface area contributed by atoms with E-state index in [2.05, 4.69) is 5.32 Å². The average molecular weight is 446 g/mol. The number of hydrogen-bond acceptors (Lipinski definition) is 4. The molecule has 1 unspecified atom stereocenters. The lowest BCUT2D eigenvalue weighted by Crippen LogP contribution is -2.50. The van der Waals surface area contributed by atoms with E-state index in [0.29, 0.717) is 0 Å². The summed E-state index contributed by atoms with van der Waals surface area (Å²) >= 11 is 0. The minimum atomic E-state index is -2.78. The van der Waals surface area contributed by atoms with E-state index in [1.54, 1.807) is 0 Å². The number of carbonyl (C=O) groups is 3. The molecule has 1 aliphatic carbocycles. The Morgan fingerprint density at radius 3 is 2.12 bits per heavy atom. The maximum atomic E-state index is 12.7. The SMILES string of the molecule is CCN(CC(F)F)C(=O)C(CC(=O)O)NC(=O)OCC1c2ccccc2-c2ccccc21. The Hall–Kier alpha value is -3.49. The molecule has 0 aliphatic heterocycles. The lowest BCUT2D eigenvalue weighted by molar-refractivity contribution is -0.143. The summed E-state index contributed by atoms with van der Waals surface area (Å²) in [5.74, 6) is -2.47. The number of aliphatic carboxylic acids is 1. The van der Waals surface area contributed by atoms with Crippen molar-refractivity contribution >= 4 is 18.0 Å². The molecule has 1 aliphatic rings. The number of fused-ring (bicyclic) bond motifs is 3. The Morgan fingerprint density at radius 1 is 1.06 bits per heavy atom. The van der Waals surface area contributed by atoms with Gasteiger partial charge < -0.3 is 20.1 Å². The second-order valence-electron chi connectivity index (χ2n) is 7.39. The minimum absolute atomic E-state index is 0.0254. The third-order valence-corrected chi connectivity index (χ3v) is 5.36. The number of alkyl carbamates (subject to hydrolysis) is 1. The van der Waals surface area contributed by atoms with E-state index in [1.807, 2.05) is 48.5 Å². The first-order valence-electron chi connectivity index (χ1n) is 10.2. The van der Waals surface area contributed by atoms with Crippen LogP contribution in [0, 0.1) is 0 Å². The number of carbonyl (C=O) groups excluding carboxylic acids is 2. The van der Waals surface area contributed by atoms with Crippen LogP contribution in [0.25, 0.3) is 11.1 Å². The number of ether oxygens (including phenoxy) is 1. The van der Waals surface area contributed by atoms with Gasteiger partial charge >= 0.3 is 12.1 Å². The Kier molecular flexibility index (Phi) is 7.40. The van der Waals surface area contributed by atoms with Crippen LogP contribution in [0.15, 0.2) is 48.5 Å². The van der Waals surface area contributed by atoms with Gasteiger partial charge in [0, 0.05) is 12.5 Å². The molecule has 0 spiro atoms. The Labute approximate surface area is 184 Å². The monoisotopic (exact) mass is 446 g/mol. The van der Waals surface area contributed by atoms with Crippen LogP contribution in [-0.4, -0.2) is 60.1 Å². The smallest absolute Gasteiger partial charge is 0.407 e. The lowest BCUT2D eigenvalue weighted by atomic mass is 9.98. The van der Waals surface area contributed by atoms with Gasteiger partial charge in [-0.1, -0.05) is 48.5 Å². The largest absolute Gasteiger partial charge is 0.481 e. The quantitative estimate of drug-likeness (QED) is 0.615. The number of rotatable bonds is 9. The minimum Gasteiger partial charge on any atom is -0.481 e. The van der Waals surface area contributed by atoms with Crippen molar-refractivity contribution in [3.05, 3.63) is 59.7 Å². The van der Waals surface area contributed by atoms with Gasteiger partial charge in [-0.25, -0.2) is 13.6 Å². The van der Waals surface area contributed by atoms with Crippen molar-refractivity contribution in [3.63, 3.8) is 0 Å². The summed E-state index contributed by atoms with van der Waals surface area (Å²) in [6.07, 6.45) is -4.51. The molecule has 0 fully saturated rings. The van der Waals surface area contributed by atoms with Crippen molar-refractivity contribution in [3.8, 4) is 11.1 Å². The number of nitrogens with zero attached hydrogens (tertiary/aromatic N) is 1. The topological polar surface area (TPSA) is 95.9 Å². The molecule has 9 heteroatoms. The van der Waals surface area contributed by atoms with Gasteiger partial charge in [-0.05, 0) is 29.2 Å². The highest BCUT2D eigenvalue weighted by Crippen LogP contribution is 2.44. The van der Waals surface area contributed by atoms with E-state index in [4.69, 9.17) is 9.84 Å². The van der Waals surface area contributed by atoms with Gasteiger partial charge in [0.05, 0.1) is 13.0 Å². The maximum Gasteiger partial charge on any atom is 0.407 e. The standard InChI is InChI=1S/C23H24F2N2O5/c1-2-27(12-20(24)25)22(30)19(11-21(28)29)26-23(31)32-13-18-16-9-5-3-7-14(16)15-8-4-6-10-17(15)18/h3-10,18-20H,2,11-13H2,1H3,(H,26,31)(H,28,29). The molecule has 2 aromatic rings. The Bertz CT molecular complexity index is 952. The molecular formula is C23H24F2N2O5. The van der Waals surface area contributed by atoms with Gasteiger partial charge in [-0.3, -0.25) is 9.59 Å². The molecule has 0 aromatic heterocycles. The van der Waals surface area contributed by atoms with Crippen LogP contribution in [0.1, 0.15) is 30.4 Å². The maximum absolute atomic E-state index is 12.7. The first-order valence-corrected chi connectivity index (χ1v) is 10.2. The molecule has 2 N–H and O–H groups in total. The number of likely N-dealkylation sites (N-methyl/N-ethyl adjacent to an activating group) is 1. The number of benzene rings is 2.